The Bertz CT molecular complexity index is 866. The van der Waals surface area contributed by atoms with Gasteiger partial charge in [0.2, 0.25) is 0 Å². The van der Waals surface area contributed by atoms with Gasteiger partial charge in [-0.2, -0.15) is 10.2 Å². The van der Waals surface area contributed by atoms with Crippen molar-refractivity contribution >= 4 is 0 Å². The molecule has 1 saturated carbocycles. The van der Waals surface area contributed by atoms with E-state index >= 15 is 0 Å². The van der Waals surface area contributed by atoms with Crippen molar-refractivity contribution in [2.45, 2.75) is 18.4 Å². The molecule has 0 N–H and O–H groups in total. The fourth-order valence-corrected chi connectivity index (χ4v) is 2.49. The van der Waals surface area contributed by atoms with Gasteiger partial charge in [-0.25, -0.2) is 13.2 Å². The van der Waals surface area contributed by atoms with Crippen LogP contribution in [-0.2, 0) is 7.05 Å². The molecule has 1 unspecified atom stereocenters. The number of hydrogen-bond donors (Lipinski definition) is 0. The maximum Gasteiger partial charge on any atom is 0.272 e. The lowest BCUT2D eigenvalue weighted by atomic mass is 10.2. The monoisotopic (exact) mass is 319 g/mol. The van der Waals surface area contributed by atoms with E-state index in [1.54, 1.807) is 29.9 Å². The van der Waals surface area contributed by atoms with Gasteiger partial charge in [-0.3, -0.25) is 14.3 Å². The van der Waals surface area contributed by atoms with Crippen LogP contribution in [0, 0.1) is 5.82 Å². The summed E-state index contributed by atoms with van der Waals surface area (Å²) in [6.07, 6.45) is 2.48. The van der Waals surface area contributed by atoms with E-state index in [0.717, 1.165) is 6.20 Å². The number of aromatic nitrogens is 5. The quantitative estimate of drug-likeness (QED) is 0.745. The average molecular weight is 319 g/mol. The Morgan fingerprint density at radius 2 is 1.91 bits per heavy atom. The molecule has 5 nitrogen and oxygen atoms in total. The minimum absolute atomic E-state index is 0.179. The van der Waals surface area contributed by atoms with Gasteiger partial charge >= 0.3 is 0 Å². The first-order chi connectivity index (χ1) is 10.9. The lowest BCUT2D eigenvalue weighted by Gasteiger charge is -1.99. The summed E-state index contributed by atoms with van der Waals surface area (Å²) in [5.74, 6) is -3.09. The molecule has 3 heterocycles. The summed E-state index contributed by atoms with van der Waals surface area (Å²) in [5.41, 5.74) is 2.32. The minimum Gasteiger partial charge on any atom is -0.266 e. The normalized spacial score (nSPS) is 19.0. The molecule has 1 fully saturated rings. The van der Waals surface area contributed by atoms with Crippen LogP contribution in [-0.4, -0.2) is 30.5 Å². The first kappa shape index (κ1) is 14.0. The van der Waals surface area contributed by atoms with Gasteiger partial charge in [0.25, 0.3) is 5.92 Å². The molecule has 118 valence electrons. The second-order valence-electron chi connectivity index (χ2n) is 5.56. The second-order valence-corrected chi connectivity index (χ2v) is 5.56. The molecule has 0 radical (unpaired) electrons. The van der Waals surface area contributed by atoms with Crippen LogP contribution >= 0.6 is 0 Å². The first-order valence-corrected chi connectivity index (χ1v) is 7.03. The molecule has 8 heteroatoms. The van der Waals surface area contributed by atoms with Gasteiger partial charge in [-0.05, 0) is 24.3 Å². The maximum atomic E-state index is 13.1. The third kappa shape index (κ3) is 2.39. The molecule has 3 aromatic heterocycles. The van der Waals surface area contributed by atoms with Crippen molar-refractivity contribution in [2.24, 2.45) is 7.05 Å². The molecule has 0 amide bonds. The van der Waals surface area contributed by atoms with Crippen molar-refractivity contribution in [3.63, 3.8) is 0 Å². The second kappa shape index (κ2) is 4.68. The van der Waals surface area contributed by atoms with E-state index in [4.69, 9.17) is 0 Å². The smallest absolute Gasteiger partial charge is 0.266 e. The molecule has 1 atom stereocenters. The fraction of sp³-hybridized carbons (Fsp3) is 0.267. The predicted molar refractivity (Wildman–Crippen MR) is 76.2 cm³/mol. The van der Waals surface area contributed by atoms with Crippen LogP contribution in [0.2, 0.25) is 0 Å². The molecule has 4 rings (SSSR count). The lowest BCUT2D eigenvalue weighted by Crippen LogP contribution is -2.02. The zero-order valence-corrected chi connectivity index (χ0v) is 12.1. The van der Waals surface area contributed by atoms with Crippen molar-refractivity contribution in [2.75, 3.05) is 0 Å². The highest BCUT2D eigenvalue weighted by molar-refractivity contribution is 5.64. The summed E-state index contributed by atoms with van der Waals surface area (Å²) in [5, 5.41) is 8.51. The third-order valence-corrected chi connectivity index (χ3v) is 3.85. The Kier molecular flexibility index (Phi) is 2.84. The van der Waals surface area contributed by atoms with Gasteiger partial charge in [0.15, 0.2) is 0 Å². The molecule has 1 aliphatic rings. The number of aryl methyl sites for hydroxylation is 1. The van der Waals surface area contributed by atoms with Crippen LogP contribution in [0.15, 0.2) is 36.7 Å². The molecule has 1 aliphatic carbocycles. The van der Waals surface area contributed by atoms with Gasteiger partial charge in [0.1, 0.15) is 23.2 Å². The largest absolute Gasteiger partial charge is 0.272 e. The zero-order chi connectivity index (χ0) is 16.2. The Morgan fingerprint density at radius 3 is 2.57 bits per heavy atom. The molecule has 0 aliphatic heterocycles. The van der Waals surface area contributed by atoms with Gasteiger partial charge in [-0.15, -0.1) is 0 Å². The van der Waals surface area contributed by atoms with Crippen LogP contribution in [0.1, 0.15) is 12.5 Å². The maximum absolute atomic E-state index is 13.1. The van der Waals surface area contributed by atoms with E-state index in [2.05, 4.69) is 15.2 Å². The number of alkyl halides is 2. The summed E-state index contributed by atoms with van der Waals surface area (Å²) < 4.78 is 42.0. The number of nitrogens with zero attached hydrogens (tertiary/aromatic N) is 5. The Balaban J connectivity index is 1.66. The molecular weight excluding hydrogens is 307 g/mol. The summed E-state index contributed by atoms with van der Waals surface area (Å²) in [6, 6.07) is 5.41. The molecule has 23 heavy (non-hydrogen) atoms. The summed E-state index contributed by atoms with van der Waals surface area (Å²) in [4.78, 5) is 4.02. The van der Waals surface area contributed by atoms with E-state index in [1.807, 2.05) is 0 Å². The van der Waals surface area contributed by atoms with Gasteiger partial charge in [-0.1, -0.05) is 0 Å². The first-order valence-electron chi connectivity index (χ1n) is 7.03. The Morgan fingerprint density at radius 1 is 1.13 bits per heavy atom. The topological polar surface area (TPSA) is 48.5 Å². The van der Waals surface area contributed by atoms with Crippen LogP contribution in [0.3, 0.4) is 0 Å². The summed E-state index contributed by atoms with van der Waals surface area (Å²) >= 11 is 0. The minimum atomic E-state index is -2.67. The molecule has 0 bridgehead atoms. The number of halogens is 3. The molecule has 0 saturated heterocycles. The van der Waals surface area contributed by atoms with Crippen LogP contribution in [0.4, 0.5) is 13.2 Å². The molecule has 0 spiro atoms. The van der Waals surface area contributed by atoms with Crippen molar-refractivity contribution < 1.29 is 13.2 Å². The SMILES string of the molecule is Cn1nc(-c2ccn(C3CC3(F)F)n2)cc1-c1ccc(F)cn1. The van der Waals surface area contributed by atoms with E-state index in [0.29, 0.717) is 22.8 Å². The third-order valence-electron chi connectivity index (χ3n) is 3.85. The number of pyridine rings is 1. The van der Waals surface area contributed by atoms with Gasteiger partial charge in [0, 0.05) is 19.7 Å². The summed E-state index contributed by atoms with van der Waals surface area (Å²) in [6.45, 7) is 0. The molecule has 0 aromatic carbocycles. The van der Waals surface area contributed by atoms with Crippen molar-refractivity contribution in [3.05, 3.63) is 42.5 Å². The average Bonchev–Trinajstić information content (AvgIpc) is 2.90. The van der Waals surface area contributed by atoms with E-state index < -0.39 is 17.8 Å². The van der Waals surface area contributed by atoms with Crippen molar-refractivity contribution in [3.8, 4) is 22.8 Å². The van der Waals surface area contributed by atoms with Gasteiger partial charge < -0.3 is 0 Å². The van der Waals surface area contributed by atoms with Crippen molar-refractivity contribution in [1.82, 2.24) is 24.5 Å². The Hall–Kier alpha value is -2.64. The van der Waals surface area contributed by atoms with Crippen LogP contribution < -0.4 is 0 Å². The fourth-order valence-electron chi connectivity index (χ4n) is 2.49. The lowest BCUT2D eigenvalue weighted by molar-refractivity contribution is 0.0984. The number of rotatable bonds is 3. The Labute approximate surface area is 129 Å². The zero-order valence-electron chi connectivity index (χ0n) is 12.1. The standard InChI is InChI=1S/C15H12F3N5/c1-22-13(11-3-2-9(16)8-19-11)6-12(20-22)10-4-5-23(21-10)14-7-15(14,17)18/h2-6,8,14H,7H2,1H3. The van der Waals surface area contributed by atoms with E-state index in [9.17, 15) is 13.2 Å². The molecule has 3 aromatic rings. The van der Waals surface area contributed by atoms with Crippen molar-refractivity contribution in [1.29, 1.82) is 0 Å². The predicted octanol–water partition coefficient (Wildman–Crippen LogP) is 3.06. The van der Waals surface area contributed by atoms with Crippen LogP contribution in [0.5, 0.6) is 0 Å². The molecular formula is C15H12F3N5. The van der Waals surface area contributed by atoms with E-state index in [1.165, 1.54) is 16.9 Å². The summed E-state index contributed by atoms with van der Waals surface area (Å²) in [7, 11) is 1.73. The highest BCUT2D eigenvalue weighted by atomic mass is 19.3. The number of hydrogen-bond acceptors (Lipinski definition) is 3. The van der Waals surface area contributed by atoms with Gasteiger partial charge in [0.05, 0.1) is 17.6 Å². The van der Waals surface area contributed by atoms with E-state index in [-0.39, 0.29) is 6.42 Å². The highest BCUT2D eigenvalue weighted by Crippen LogP contribution is 2.52. The van der Waals surface area contributed by atoms with Crippen LogP contribution in [0.25, 0.3) is 22.8 Å². The highest BCUT2D eigenvalue weighted by Gasteiger charge is 2.59.